The van der Waals surface area contributed by atoms with Gasteiger partial charge in [-0.15, -0.1) is 11.8 Å². The quantitative estimate of drug-likeness (QED) is 0.559. The molecule has 18 heavy (non-hydrogen) atoms. The van der Waals surface area contributed by atoms with Gasteiger partial charge >= 0.3 is 0 Å². The topological polar surface area (TPSA) is 30.5 Å². The zero-order valence-electron chi connectivity index (χ0n) is 10.9. The third-order valence-corrected chi connectivity index (χ3v) is 3.69. The lowest BCUT2D eigenvalue weighted by molar-refractivity contribution is 0.199. The third-order valence-electron chi connectivity index (χ3n) is 2.38. The van der Waals surface area contributed by atoms with E-state index in [0.29, 0.717) is 6.61 Å². The molecular formula is C13H20ClNO2S. The smallest absolute Gasteiger partial charge is 0.0587 e. The molecule has 0 heterocycles. The number of rotatable bonds is 9. The first-order valence-corrected chi connectivity index (χ1v) is 7.24. The number of benzene rings is 1. The van der Waals surface area contributed by atoms with Crippen molar-refractivity contribution < 1.29 is 9.47 Å². The minimum Gasteiger partial charge on any atom is -0.384 e. The molecule has 5 heteroatoms. The highest BCUT2D eigenvalue weighted by Gasteiger charge is 2.02. The normalized spacial score (nSPS) is 10.8. The maximum Gasteiger partial charge on any atom is 0.0587 e. The first kappa shape index (κ1) is 15.8. The van der Waals surface area contributed by atoms with Gasteiger partial charge in [-0.25, -0.2) is 0 Å². The molecule has 1 N–H and O–H groups in total. The van der Waals surface area contributed by atoms with Gasteiger partial charge in [0, 0.05) is 43.0 Å². The van der Waals surface area contributed by atoms with Gasteiger partial charge in [0.1, 0.15) is 0 Å². The van der Waals surface area contributed by atoms with Crippen LogP contribution in [0.5, 0.6) is 0 Å². The molecule has 0 fully saturated rings. The van der Waals surface area contributed by atoms with Crippen molar-refractivity contribution in [3.05, 3.63) is 28.8 Å². The lowest BCUT2D eigenvalue weighted by atomic mass is 10.2. The molecule has 1 aromatic carbocycles. The van der Waals surface area contributed by atoms with E-state index in [1.807, 2.05) is 6.07 Å². The van der Waals surface area contributed by atoms with Crippen LogP contribution in [0.25, 0.3) is 0 Å². The van der Waals surface area contributed by atoms with Gasteiger partial charge in [0.15, 0.2) is 0 Å². The van der Waals surface area contributed by atoms with Crippen LogP contribution in [0.1, 0.15) is 5.56 Å². The van der Waals surface area contributed by atoms with Gasteiger partial charge < -0.3 is 14.8 Å². The van der Waals surface area contributed by atoms with E-state index in [4.69, 9.17) is 21.1 Å². The number of halogens is 1. The van der Waals surface area contributed by atoms with E-state index >= 15 is 0 Å². The Labute approximate surface area is 118 Å². The van der Waals surface area contributed by atoms with E-state index in [0.717, 1.165) is 36.0 Å². The van der Waals surface area contributed by atoms with Crippen LogP contribution in [-0.2, 0) is 16.0 Å². The summed E-state index contributed by atoms with van der Waals surface area (Å²) in [6.07, 6.45) is 0. The van der Waals surface area contributed by atoms with E-state index in [1.54, 1.807) is 26.0 Å². The summed E-state index contributed by atoms with van der Waals surface area (Å²) in [6.45, 7) is 3.06. The number of hydrogen-bond acceptors (Lipinski definition) is 4. The maximum absolute atomic E-state index is 6.24. The van der Waals surface area contributed by atoms with Crippen molar-refractivity contribution in [3.8, 4) is 0 Å². The number of ether oxygens (including phenoxy) is 2. The molecule has 0 aliphatic carbocycles. The molecule has 3 nitrogen and oxygen atoms in total. The van der Waals surface area contributed by atoms with E-state index in [2.05, 4.69) is 17.4 Å². The second kappa shape index (κ2) is 9.64. The molecule has 0 aromatic heterocycles. The second-order valence-corrected chi connectivity index (χ2v) is 5.34. The summed E-state index contributed by atoms with van der Waals surface area (Å²) in [5.74, 6) is 0.943. The minimum absolute atomic E-state index is 0.711. The Kier molecular flexibility index (Phi) is 8.46. The average molecular weight is 290 g/mol. The Morgan fingerprint density at radius 3 is 2.67 bits per heavy atom. The van der Waals surface area contributed by atoms with Gasteiger partial charge in [-0.3, -0.25) is 0 Å². The first-order valence-electron chi connectivity index (χ1n) is 5.87. The van der Waals surface area contributed by atoms with Crippen molar-refractivity contribution in [1.29, 1.82) is 0 Å². The van der Waals surface area contributed by atoms with Crippen LogP contribution in [0.15, 0.2) is 23.1 Å². The van der Waals surface area contributed by atoms with Crippen LogP contribution >= 0.6 is 23.4 Å². The lowest BCUT2D eigenvalue weighted by Gasteiger charge is -2.08. The Morgan fingerprint density at radius 1 is 1.22 bits per heavy atom. The summed E-state index contributed by atoms with van der Waals surface area (Å²) in [5.41, 5.74) is 1.11. The van der Waals surface area contributed by atoms with Crippen molar-refractivity contribution in [2.45, 2.75) is 11.4 Å². The van der Waals surface area contributed by atoms with Crippen LogP contribution in [0.3, 0.4) is 0 Å². The summed E-state index contributed by atoms with van der Waals surface area (Å²) in [4.78, 5) is 1.18. The van der Waals surface area contributed by atoms with Gasteiger partial charge in [-0.2, -0.15) is 0 Å². The summed E-state index contributed by atoms with van der Waals surface area (Å²) in [5, 5.41) is 4.09. The lowest BCUT2D eigenvalue weighted by Crippen LogP contribution is -2.18. The van der Waals surface area contributed by atoms with Gasteiger partial charge in [-0.05, 0) is 17.7 Å². The van der Waals surface area contributed by atoms with Gasteiger partial charge in [0.05, 0.1) is 13.2 Å². The highest BCUT2D eigenvalue weighted by atomic mass is 35.5. The molecule has 1 aromatic rings. The fourth-order valence-corrected chi connectivity index (χ4v) is 2.56. The average Bonchev–Trinajstić information content (AvgIpc) is 2.37. The zero-order chi connectivity index (χ0) is 13.2. The number of nitrogens with one attached hydrogen (secondary N) is 1. The Bertz CT molecular complexity index is 350. The van der Waals surface area contributed by atoms with E-state index < -0.39 is 0 Å². The van der Waals surface area contributed by atoms with Crippen molar-refractivity contribution in [3.63, 3.8) is 0 Å². The third kappa shape index (κ3) is 6.07. The highest BCUT2D eigenvalue weighted by Crippen LogP contribution is 2.24. The molecule has 0 saturated heterocycles. The summed E-state index contributed by atoms with van der Waals surface area (Å²) < 4.78 is 9.99. The molecule has 0 spiro atoms. The van der Waals surface area contributed by atoms with Crippen LogP contribution in [-0.4, -0.2) is 39.7 Å². The Morgan fingerprint density at radius 2 is 2.00 bits per heavy atom. The molecule has 0 saturated carbocycles. The molecule has 1 rings (SSSR count). The molecular weight excluding hydrogens is 270 g/mol. The van der Waals surface area contributed by atoms with Crippen molar-refractivity contribution in [1.82, 2.24) is 5.32 Å². The van der Waals surface area contributed by atoms with Crippen LogP contribution in [0.4, 0.5) is 0 Å². The number of hydrogen-bond donors (Lipinski definition) is 1. The summed E-state index contributed by atoms with van der Waals surface area (Å²) >= 11 is 7.99. The zero-order valence-corrected chi connectivity index (χ0v) is 12.4. The summed E-state index contributed by atoms with van der Waals surface area (Å²) in [6, 6.07) is 6.17. The molecule has 0 amide bonds. The summed E-state index contributed by atoms with van der Waals surface area (Å²) in [7, 11) is 3.41. The first-order chi connectivity index (χ1) is 8.77. The molecule has 102 valence electrons. The highest BCUT2D eigenvalue weighted by molar-refractivity contribution is 7.99. The fourth-order valence-electron chi connectivity index (χ4n) is 1.40. The van der Waals surface area contributed by atoms with E-state index in [9.17, 15) is 0 Å². The molecule has 0 aliphatic rings. The van der Waals surface area contributed by atoms with Crippen LogP contribution < -0.4 is 5.32 Å². The fraction of sp³-hybridized carbons (Fsp3) is 0.538. The van der Waals surface area contributed by atoms with Crippen molar-refractivity contribution in [2.24, 2.45) is 0 Å². The van der Waals surface area contributed by atoms with Crippen molar-refractivity contribution in [2.75, 3.05) is 39.7 Å². The molecule has 0 atom stereocenters. The maximum atomic E-state index is 6.24. The predicted molar refractivity (Wildman–Crippen MR) is 77.6 cm³/mol. The molecule has 0 unspecified atom stereocenters. The van der Waals surface area contributed by atoms with Crippen LogP contribution in [0, 0.1) is 0 Å². The molecule has 0 radical (unpaired) electrons. The second-order valence-electron chi connectivity index (χ2n) is 3.76. The van der Waals surface area contributed by atoms with E-state index in [1.165, 1.54) is 4.90 Å². The van der Waals surface area contributed by atoms with Gasteiger partial charge in [-0.1, -0.05) is 17.7 Å². The number of methoxy groups -OCH3 is 2. The Balaban J connectivity index is 2.41. The monoisotopic (exact) mass is 289 g/mol. The van der Waals surface area contributed by atoms with E-state index in [-0.39, 0.29) is 0 Å². The molecule has 0 bridgehead atoms. The predicted octanol–water partition coefficient (Wildman–Crippen LogP) is 2.81. The largest absolute Gasteiger partial charge is 0.384 e. The SMILES string of the molecule is COCCNCc1ccc(SCCOC)cc1Cl. The van der Waals surface area contributed by atoms with Crippen LogP contribution in [0.2, 0.25) is 5.02 Å². The Hall–Kier alpha value is -0.260. The molecule has 0 aliphatic heterocycles. The van der Waals surface area contributed by atoms with Crippen molar-refractivity contribution >= 4 is 23.4 Å². The van der Waals surface area contributed by atoms with Gasteiger partial charge in [0.2, 0.25) is 0 Å². The number of thioether (sulfide) groups is 1. The van der Waals surface area contributed by atoms with Gasteiger partial charge in [0.25, 0.3) is 0 Å². The minimum atomic E-state index is 0.711. The standard InChI is InChI=1S/C13H20ClNO2S/c1-16-6-5-15-10-11-3-4-12(9-13(11)14)18-8-7-17-2/h3-4,9,15H,5-8,10H2,1-2H3.